The van der Waals surface area contributed by atoms with Crippen molar-refractivity contribution < 1.29 is 9.31 Å². The van der Waals surface area contributed by atoms with Crippen LogP contribution in [0.25, 0.3) is 6.08 Å². The van der Waals surface area contributed by atoms with Crippen molar-refractivity contribution in [2.75, 3.05) is 0 Å². The van der Waals surface area contributed by atoms with E-state index in [1.54, 1.807) is 0 Å². The van der Waals surface area contributed by atoms with Crippen LogP contribution in [0.3, 0.4) is 0 Å². The first kappa shape index (κ1) is 16.2. The number of aryl methyl sites for hydroxylation is 1. The molecule has 0 aliphatic carbocycles. The third-order valence-electron chi connectivity index (χ3n) is 4.35. The molecule has 2 N–H and O–H groups in total. The minimum atomic E-state index is -0.343. The number of hydrogen-bond acceptors (Lipinski definition) is 4. The maximum absolute atomic E-state index is 5.93. The monoisotopic (exact) mass is 288 g/mol. The van der Waals surface area contributed by atoms with Gasteiger partial charge in [0, 0.05) is 12.2 Å². The Labute approximate surface area is 127 Å². The molecule has 4 nitrogen and oxygen atoms in total. The van der Waals surface area contributed by atoms with Crippen molar-refractivity contribution in [1.29, 1.82) is 0 Å². The van der Waals surface area contributed by atoms with Gasteiger partial charge in [-0.15, -0.1) is 0 Å². The number of aromatic nitrogens is 1. The van der Waals surface area contributed by atoms with Gasteiger partial charge in [-0.05, 0) is 58.7 Å². The van der Waals surface area contributed by atoms with E-state index in [9.17, 15) is 0 Å². The fraction of sp³-hybridized carbons (Fsp3) is 0.562. The van der Waals surface area contributed by atoms with Gasteiger partial charge in [0.15, 0.2) is 0 Å². The molecule has 0 radical (unpaired) electrons. The van der Waals surface area contributed by atoms with Crippen LogP contribution < -0.4 is 5.73 Å². The van der Waals surface area contributed by atoms with E-state index in [1.807, 2.05) is 59.8 Å². The van der Waals surface area contributed by atoms with Crippen LogP contribution in [0.15, 0.2) is 18.2 Å². The summed E-state index contributed by atoms with van der Waals surface area (Å²) in [4.78, 5) is 4.46. The summed E-state index contributed by atoms with van der Waals surface area (Å²) < 4.78 is 11.9. The topological polar surface area (TPSA) is 57.4 Å². The second-order valence-corrected chi connectivity index (χ2v) is 6.74. The summed E-state index contributed by atoms with van der Waals surface area (Å²) in [6, 6.07) is 2.07. The van der Waals surface area contributed by atoms with Crippen molar-refractivity contribution in [3.63, 3.8) is 0 Å². The molecule has 2 heterocycles. The maximum Gasteiger partial charge on any atom is 0.487 e. The zero-order valence-corrected chi connectivity index (χ0v) is 13.8. The summed E-state index contributed by atoms with van der Waals surface area (Å²) in [6.45, 7) is 12.2. The van der Waals surface area contributed by atoms with E-state index in [0.29, 0.717) is 0 Å². The first-order valence-corrected chi connectivity index (χ1v) is 7.38. The fourth-order valence-corrected chi connectivity index (χ4v) is 2.17. The Hall–Kier alpha value is -1.17. The number of pyridine rings is 1. The maximum atomic E-state index is 5.93. The Morgan fingerprint density at radius 3 is 2.29 bits per heavy atom. The normalized spacial score (nSPS) is 22.0. The van der Waals surface area contributed by atoms with Crippen molar-refractivity contribution in [2.45, 2.75) is 58.8 Å². The Bertz CT molecular complexity index is 537. The summed E-state index contributed by atoms with van der Waals surface area (Å²) in [5.41, 5.74) is 8.28. The van der Waals surface area contributed by atoms with E-state index in [1.165, 1.54) is 0 Å². The van der Waals surface area contributed by atoms with Crippen molar-refractivity contribution in [1.82, 2.24) is 4.98 Å². The van der Waals surface area contributed by atoms with Crippen LogP contribution in [0.1, 0.15) is 57.5 Å². The van der Waals surface area contributed by atoms with Gasteiger partial charge in [-0.1, -0.05) is 12.0 Å². The molecular weight excluding hydrogens is 263 g/mol. The third-order valence-corrected chi connectivity index (χ3v) is 4.35. The first-order valence-electron chi connectivity index (χ1n) is 7.38. The highest BCUT2D eigenvalue weighted by Crippen LogP contribution is 2.37. The predicted octanol–water partition coefficient (Wildman–Crippen LogP) is 3.05. The molecule has 0 bridgehead atoms. The van der Waals surface area contributed by atoms with Crippen molar-refractivity contribution >= 4 is 13.2 Å². The number of rotatable bonds is 3. The van der Waals surface area contributed by atoms with Crippen molar-refractivity contribution in [3.8, 4) is 0 Å². The van der Waals surface area contributed by atoms with Gasteiger partial charge in [-0.2, -0.15) is 0 Å². The molecular formula is C16H25BN2O2. The van der Waals surface area contributed by atoms with E-state index in [2.05, 4.69) is 11.1 Å². The van der Waals surface area contributed by atoms with Crippen LogP contribution in [0.2, 0.25) is 0 Å². The summed E-state index contributed by atoms with van der Waals surface area (Å²) in [5, 5.41) is 0. The zero-order chi connectivity index (χ0) is 15.8. The molecule has 1 aromatic rings. The van der Waals surface area contributed by atoms with Crippen LogP contribution >= 0.6 is 0 Å². The summed E-state index contributed by atoms with van der Waals surface area (Å²) in [5.74, 6) is 1.91. The molecule has 0 spiro atoms. The van der Waals surface area contributed by atoms with Crippen molar-refractivity contribution in [2.24, 2.45) is 5.73 Å². The average molecular weight is 288 g/mol. The van der Waals surface area contributed by atoms with Gasteiger partial charge in [-0.25, -0.2) is 0 Å². The molecule has 0 amide bonds. The van der Waals surface area contributed by atoms with Crippen LogP contribution in [0.4, 0.5) is 0 Å². The summed E-state index contributed by atoms with van der Waals surface area (Å²) in [7, 11) is -0.343. The van der Waals surface area contributed by atoms with E-state index < -0.39 is 0 Å². The van der Waals surface area contributed by atoms with E-state index in [0.717, 1.165) is 16.8 Å². The molecule has 1 aliphatic heterocycles. The smallest absolute Gasteiger partial charge is 0.400 e. The van der Waals surface area contributed by atoms with Crippen LogP contribution in [-0.4, -0.2) is 23.3 Å². The third kappa shape index (κ3) is 3.36. The lowest BCUT2D eigenvalue weighted by Gasteiger charge is -2.32. The van der Waals surface area contributed by atoms with Gasteiger partial charge in [0.05, 0.1) is 16.9 Å². The number of hydrogen-bond donors (Lipinski definition) is 1. The van der Waals surface area contributed by atoms with Gasteiger partial charge in [0.1, 0.15) is 0 Å². The van der Waals surface area contributed by atoms with Gasteiger partial charge in [-0.3, -0.25) is 4.98 Å². The van der Waals surface area contributed by atoms with E-state index in [-0.39, 0.29) is 24.4 Å². The van der Waals surface area contributed by atoms with Crippen molar-refractivity contribution in [3.05, 3.63) is 35.1 Å². The van der Waals surface area contributed by atoms with E-state index in [4.69, 9.17) is 15.0 Å². The highest BCUT2D eigenvalue weighted by molar-refractivity contribution is 6.52. The van der Waals surface area contributed by atoms with Gasteiger partial charge in [0.2, 0.25) is 0 Å². The molecule has 2 rings (SSSR count). The molecule has 1 aromatic heterocycles. The lowest BCUT2D eigenvalue weighted by molar-refractivity contribution is 0.00578. The first-order chi connectivity index (χ1) is 9.62. The molecule has 1 aliphatic rings. The molecule has 1 fully saturated rings. The molecule has 5 heteroatoms. The van der Waals surface area contributed by atoms with Gasteiger partial charge < -0.3 is 15.0 Å². The molecule has 0 aromatic carbocycles. The number of nitrogens with zero attached hydrogens (tertiary/aromatic N) is 1. The highest BCUT2D eigenvalue weighted by atomic mass is 16.7. The van der Waals surface area contributed by atoms with E-state index >= 15 is 0 Å². The van der Waals surface area contributed by atoms with Crippen LogP contribution in [0.5, 0.6) is 0 Å². The fourth-order valence-electron chi connectivity index (χ4n) is 2.17. The lowest BCUT2D eigenvalue weighted by Crippen LogP contribution is -2.41. The Kier molecular flexibility index (Phi) is 4.29. The minimum absolute atomic E-state index is 0.00248. The Morgan fingerprint density at radius 1 is 1.24 bits per heavy atom. The molecule has 1 atom stereocenters. The second kappa shape index (κ2) is 5.56. The Balaban J connectivity index is 2.13. The quantitative estimate of drug-likeness (QED) is 0.868. The largest absolute Gasteiger partial charge is 0.487 e. The predicted molar refractivity (Wildman–Crippen MR) is 86.7 cm³/mol. The van der Waals surface area contributed by atoms with Gasteiger partial charge in [0.25, 0.3) is 0 Å². The SMILES string of the molecule is Cc1cc([C@@H](C)N)cnc1/C=C/B1OC(C)(C)C(C)(C)O1. The summed E-state index contributed by atoms with van der Waals surface area (Å²) >= 11 is 0. The second-order valence-electron chi connectivity index (χ2n) is 6.74. The lowest BCUT2D eigenvalue weighted by atomic mass is 9.89. The average Bonchev–Trinajstić information content (AvgIpc) is 2.56. The van der Waals surface area contributed by atoms with Gasteiger partial charge >= 0.3 is 7.12 Å². The van der Waals surface area contributed by atoms with Crippen LogP contribution in [0, 0.1) is 6.92 Å². The molecule has 114 valence electrons. The van der Waals surface area contributed by atoms with Crippen LogP contribution in [-0.2, 0) is 9.31 Å². The molecule has 21 heavy (non-hydrogen) atoms. The highest BCUT2D eigenvalue weighted by Gasteiger charge is 2.50. The Morgan fingerprint density at radius 2 is 1.81 bits per heavy atom. The standard InChI is InChI=1S/C16H25BN2O2/c1-11-9-13(12(2)18)10-19-14(11)7-8-17-20-15(3,4)16(5,6)21-17/h7-10,12H,18H2,1-6H3/b8-7+/t12-/m1/s1. The molecule has 1 saturated heterocycles. The molecule has 0 saturated carbocycles. The molecule has 0 unspecified atom stereocenters. The summed E-state index contributed by atoms with van der Waals surface area (Å²) in [6.07, 6.45) is 3.77. The number of nitrogens with two attached hydrogens (primary N) is 1. The minimum Gasteiger partial charge on any atom is -0.400 e. The zero-order valence-electron chi connectivity index (χ0n) is 13.8.